The predicted octanol–water partition coefficient (Wildman–Crippen LogP) is 0.359. The van der Waals surface area contributed by atoms with E-state index < -0.39 is 24.6 Å². The molecule has 0 radical (unpaired) electrons. The number of hydrazine groups is 1. The number of nitrogens with zero attached hydrogens (tertiary/aromatic N) is 3. The molecule has 9 nitrogen and oxygen atoms in total. The monoisotopic (exact) mass is 275 g/mol. The number of hydrogen-bond acceptors (Lipinski definition) is 6. The van der Waals surface area contributed by atoms with Crippen molar-refractivity contribution in [2.24, 2.45) is 17.1 Å². The van der Waals surface area contributed by atoms with E-state index in [4.69, 9.17) is 5.11 Å². The van der Waals surface area contributed by atoms with E-state index in [0.717, 1.165) is 0 Å². The van der Waals surface area contributed by atoms with Gasteiger partial charge in [-0.1, -0.05) is 13.8 Å². The van der Waals surface area contributed by atoms with Gasteiger partial charge >= 0.3 is 11.9 Å². The van der Waals surface area contributed by atoms with Crippen LogP contribution < -0.4 is 0 Å². The summed E-state index contributed by atoms with van der Waals surface area (Å²) in [4.78, 5) is 26.5. The summed E-state index contributed by atoms with van der Waals surface area (Å²) in [6, 6.07) is 0. The summed E-state index contributed by atoms with van der Waals surface area (Å²) in [6.45, 7) is 3.24. The maximum absolute atomic E-state index is 11.4. The van der Waals surface area contributed by atoms with E-state index in [-0.39, 0.29) is 17.4 Å². The third-order valence-corrected chi connectivity index (χ3v) is 2.61. The Balaban J connectivity index is 2.30. The molecular formula is C10H17N3O6. The van der Waals surface area contributed by atoms with Crippen molar-refractivity contribution in [2.75, 3.05) is 19.9 Å². The first kappa shape index (κ1) is 15.0. The summed E-state index contributed by atoms with van der Waals surface area (Å²) in [5, 5.41) is 24.5. The lowest BCUT2D eigenvalue weighted by atomic mass is 10.1. The van der Waals surface area contributed by atoms with Crippen molar-refractivity contribution in [1.82, 2.24) is 5.01 Å². The van der Waals surface area contributed by atoms with Crippen LogP contribution in [-0.4, -0.2) is 46.9 Å². The van der Waals surface area contributed by atoms with E-state index in [9.17, 15) is 14.8 Å². The highest BCUT2D eigenvalue weighted by Gasteiger charge is 2.32. The quantitative estimate of drug-likeness (QED) is 0.186. The Morgan fingerprint density at radius 2 is 2.26 bits per heavy atom. The second-order valence-corrected chi connectivity index (χ2v) is 4.44. The van der Waals surface area contributed by atoms with Gasteiger partial charge in [0.2, 0.25) is 5.28 Å². The highest BCUT2D eigenvalue weighted by molar-refractivity contribution is 5.71. The Kier molecular flexibility index (Phi) is 5.34. The third-order valence-electron chi connectivity index (χ3n) is 2.61. The van der Waals surface area contributed by atoms with Crippen molar-refractivity contribution in [3.05, 3.63) is 5.21 Å². The van der Waals surface area contributed by atoms with E-state index in [2.05, 4.69) is 14.9 Å². The van der Waals surface area contributed by atoms with Crippen molar-refractivity contribution in [2.45, 2.75) is 20.3 Å². The summed E-state index contributed by atoms with van der Waals surface area (Å²) in [5.74, 6) is -2.27. The van der Waals surface area contributed by atoms with Gasteiger partial charge in [-0.15, -0.1) is 5.01 Å². The summed E-state index contributed by atoms with van der Waals surface area (Å²) in [6.07, 6.45) is 0.381. The minimum atomic E-state index is -0.942. The predicted molar refractivity (Wildman–Crippen MR) is 60.3 cm³/mol. The van der Waals surface area contributed by atoms with Crippen molar-refractivity contribution >= 4 is 11.9 Å². The van der Waals surface area contributed by atoms with Gasteiger partial charge in [0, 0.05) is 0 Å². The number of carbonyl (C=O) groups excluding carboxylic acids is 1. The van der Waals surface area contributed by atoms with Crippen LogP contribution in [0.15, 0.2) is 5.28 Å². The summed E-state index contributed by atoms with van der Waals surface area (Å²) >= 11 is 0. The second-order valence-electron chi connectivity index (χ2n) is 4.44. The van der Waals surface area contributed by atoms with Gasteiger partial charge in [0.1, 0.15) is 0 Å². The Labute approximate surface area is 109 Å². The molecular weight excluding hydrogens is 258 g/mol. The maximum Gasteiger partial charge on any atom is 0.311 e. The molecule has 1 N–H and O–H groups in total. The van der Waals surface area contributed by atoms with E-state index in [1.807, 2.05) is 0 Å². The number of carboxylic acid groups (broad SMARTS) is 1. The molecule has 1 heterocycles. The topological polar surface area (TPSA) is 114 Å². The largest absolute Gasteiger partial charge is 0.569 e. The molecule has 0 saturated carbocycles. The van der Waals surface area contributed by atoms with Crippen molar-refractivity contribution in [3.8, 4) is 0 Å². The van der Waals surface area contributed by atoms with E-state index in [0.29, 0.717) is 13.0 Å². The average molecular weight is 275 g/mol. The van der Waals surface area contributed by atoms with E-state index >= 15 is 0 Å². The Bertz CT molecular complexity index is 370. The molecule has 19 heavy (non-hydrogen) atoms. The van der Waals surface area contributed by atoms with Gasteiger partial charge in [-0.05, 0) is 6.42 Å². The Morgan fingerprint density at radius 3 is 2.79 bits per heavy atom. The first-order valence-corrected chi connectivity index (χ1v) is 5.86. The van der Waals surface area contributed by atoms with Crippen LogP contribution in [0.5, 0.6) is 0 Å². The molecule has 1 aliphatic heterocycles. The molecule has 108 valence electrons. The number of carbonyl (C=O) groups is 2. The molecule has 1 aliphatic rings. The van der Waals surface area contributed by atoms with Crippen LogP contribution in [-0.2, 0) is 19.2 Å². The maximum atomic E-state index is 11.4. The molecule has 0 aromatic heterocycles. The molecule has 0 aliphatic carbocycles. The zero-order valence-corrected chi connectivity index (χ0v) is 10.8. The highest BCUT2D eigenvalue weighted by atomic mass is 16.8. The number of aliphatic carboxylic acids is 1. The molecule has 1 atom stereocenters. The van der Waals surface area contributed by atoms with Gasteiger partial charge < -0.3 is 19.9 Å². The minimum absolute atomic E-state index is 0.0808. The minimum Gasteiger partial charge on any atom is -0.569 e. The lowest BCUT2D eigenvalue weighted by Crippen LogP contribution is -2.29. The Hall–Kier alpha value is -2.06. The first-order chi connectivity index (χ1) is 8.91. The average Bonchev–Trinajstić information content (AvgIpc) is 2.83. The van der Waals surface area contributed by atoms with Gasteiger partial charge in [0.15, 0.2) is 0 Å². The first-order valence-electron chi connectivity index (χ1n) is 5.86. The highest BCUT2D eigenvalue weighted by Crippen LogP contribution is 2.16. The summed E-state index contributed by atoms with van der Waals surface area (Å²) in [5.41, 5.74) is 0. The van der Waals surface area contributed by atoms with Crippen LogP contribution in [0.3, 0.4) is 0 Å². The lowest BCUT2D eigenvalue weighted by Gasteiger charge is -2.11. The van der Waals surface area contributed by atoms with Crippen LogP contribution in [0, 0.1) is 17.0 Å². The fourth-order valence-corrected chi connectivity index (χ4v) is 1.47. The normalized spacial score (nSPS) is 19.6. The number of esters is 1. The second kappa shape index (κ2) is 6.76. The van der Waals surface area contributed by atoms with Crippen LogP contribution in [0.25, 0.3) is 0 Å². The molecule has 1 fully saturated rings. The molecule has 1 rings (SSSR count). The van der Waals surface area contributed by atoms with Crippen LogP contribution in [0.1, 0.15) is 20.3 Å². The van der Waals surface area contributed by atoms with Crippen molar-refractivity contribution in [1.29, 1.82) is 0 Å². The zero-order valence-electron chi connectivity index (χ0n) is 10.8. The number of carboxylic acids is 1. The molecule has 0 spiro atoms. The molecule has 0 aromatic carbocycles. The third kappa shape index (κ3) is 4.60. The molecule has 0 aromatic rings. The molecule has 1 saturated heterocycles. The number of ether oxygens (including phenoxy) is 1. The smallest absolute Gasteiger partial charge is 0.311 e. The van der Waals surface area contributed by atoms with Gasteiger partial charge in [-0.3, -0.25) is 9.59 Å². The van der Waals surface area contributed by atoms with Crippen molar-refractivity contribution < 1.29 is 29.2 Å². The lowest BCUT2D eigenvalue weighted by molar-refractivity contribution is -0.708. The Morgan fingerprint density at radius 1 is 1.58 bits per heavy atom. The fourth-order valence-electron chi connectivity index (χ4n) is 1.47. The van der Waals surface area contributed by atoms with Gasteiger partial charge in [0.25, 0.3) is 6.79 Å². The molecule has 0 bridgehead atoms. The van der Waals surface area contributed by atoms with Crippen LogP contribution >= 0.6 is 0 Å². The summed E-state index contributed by atoms with van der Waals surface area (Å²) < 4.78 is 4.64. The molecule has 0 amide bonds. The fraction of sp³-hybridized carbons (Fsp3) is 0.800. The van der Waals surface area contributed by atoms with Gasteiger partial charge in [0.05, 0.1) is 29.9 Å². The number of hydrogen-bond donors (Lipinski definition) is 1. The SMILES string of the molecule is CC(C)C(=O)OCON=[N+]([O-])N1CCC(C(=O)O)C1. The molecule has 1 unspecified atom stereocenters. The van der Waals surface area contributed by atoms with Crippen LogP contribution in [0.4, 0.5) is 0 Å². The van der Waals surface area contributed by atoms with E-state index in [1.54, 1.807) is 13.8 Å². The summed E-state index contributed by atoms with van der Waals surface area (Å²) in [7, 11) is 0. The number of rotatable bonds is 6. The van der Waals surface area contributed by atoms with Crippen molar-refractivity contribution in [3.63, 3.8) is 0 Å². The van der Waals surface area contributed by atoms with Crippen LogP contribution in [0.2, 0.25) is 0 Å². The van der Waals surface area contributed by atoms with E-state index in [1.165, 1.54) is 5.01 Å². The standard InChI is InChI=1S/C10H17N3O6/c1-7(2)10(16)18-6-19-11-13(17)12-4-3-8(5-12)9(14)15/h7-8H,3-6H2,1-2H3,(H,14,15). The zero-order chi connectivity index (χ0) is 14.4. The van der Waals surface area contributed by atoms with Gasteiger partial charge in [-0.25, -0.2) is 0 Å². The van der Waals surface area contributed by atoms with Gasteiger partial charge in [-0.2, -0.15) is 0 Å². The molecule has 9 heteroatoms.